The highest BCUT2D eigenvalue weighted by atomic mass is 16.5. The lowest BCUT2D eigenvalue weighted by atomic mass is 9.90. The summed E-state index contributed by atoms with van der Waals surface area (Å²) in [6.45, 7) is 9.18. The lowest BCUT2D eigenvalue weighted by Crippen LogP contribution is -2.19. The van der Waals surface area contributed by atoms with Crippen LogP contribution in [-0.2, 0) is 19.4 Å². The van der Waals surface area contributed by atoms with Crippen LogP contribution in [0.4, 0.5) is 5.82 Å². The van der Waals surface area contributed by atoms with E-state index >= 15 is 0 Å². The predicted octanol–water partition coefficient (Wildman–Crippen LogP) is 4.79. The van der Waals surface area contributed by atoms with Crippen LogP contribution >= 0.6 is 0 Å². The van der Waals surface area contributed by atoms with Gasteiger partial charge in [-0.05, 0) is 86.2 Å². The maximum atomic E-state index is 5.82. The zero-order valence-corrected chi connectivity index (χ0v) is 17.6. The third kappa shape index (κ3) is 3.47. The minimum Gasteiger partial charge on any atom is -0.496 e. The number of anilines is 1. The molecule has 1 aliphatic heterocycles. The SMILES string of the molecule is COc1cc2c3c(c(NCC4CC4)nc2cc1CN1CCCC1)CC(C)(C)C3. The molecule has 0 atom stereocenters. The topological polar surface area (TPSA) is 37.4 Å². The third-order valence-electron chi connectivity index (χ3n) is 6.76. The summed E-state index contributed by atoms with van der Waals surface area (Å²) < 4.78 is 5.82. The summed E-state index contributed by atoms with van der Waals surface area (Å²) in [5, 5.41) is 5.00. The molecule has 0 bridgehead atoms. The quantitative estimate of drug-likeness (QED) is 0.783. The van der Waals surface area contributed by atoms with Gasteiger partial charge in [0, 0.05) is 24.0 Å². The largest absolute Gasteiger partial charge is 0.496 e. The molecule has 1 saturated carbocycles. The molecule has 0 unspecified atom stereocenters. The number of methoxy groups -OCH3 is 1. The number of benzene rings is 1. The molecule has 0 amide bonds. The highest BCUT2D eigenvalue weighted by Crippen LogP contribution is 2.44. The molecule has 2 fully saturated rings. The van der Waals surface area contributed by atoms with Gasteiger partial charge in [0.1, 0.15) is 11.6 Å². The molecule has 150 valence electrons. The normalized spacial score (nSPS) is 21.2. The van der Waals surface area contributed by atoms with Crippen LogP contribution in [0.5, 0.6) is 5.75 Å². The van der Waals surface area contributed by atoms with Crippen molar-refractivity contribution >= 4 is 16.7 Å². The van der Waals surface area contributed by atoms with Crippen LogP contribution in [0.2, 0.25) is 0 Å². The van der Waals surface area contributed by atoms with Gasteiger partial charge in [0.25, 0.3) is 0 Å². The van der Waals surface area contributed by atoms with Crippen LogP contribution in [0, 0.1) is 11.3 Å². The molecular weight excluding hydrogens is 346 g/mol. The van der Waals surface area contributed by atoms with Crippen LogP contribution < -0.4 is 10.1 Å². The Balaban J connectivity index is 1.58. The summed E-state index contributed by atoms with van der Waals surface area (Å²) in [7, 11) is 1.80. The van der Waals surface area contributed by atoms with E-state index in [1.165, 1.54) is 60.8 Å². The molecule has 3 aliphatic rings. The fraction of sp³-hybridized carbons (Fsp3) is 0.625. The monoisotopic (exact) mass is 379 g/mol. The predicted molar refractivity (Wildman–Crippen MR) is 115 cm³/mol. The first kappa shape index (κ1) is 18.2. The molecule has 4 nitrogen and oxygen atoms in total. The Morgan fingerprint density at radius 2 is 1.89 bits per heavy atom. The van der Waals surface area contributed by atoms with Crippen molar-refractivity contribution in [2.45, 2.75) is 58.9 Å². The Labute approximate surface area is 168 Å². The van der Waals surface area contributed by atoms with Crippen molar-refractivity contribution in [2.24, 2.45) is 11.3 Å². The molecule has 0 radical (unpaired) electrons. The average molecular weight is 380 g/mol. The number of likely N-dealkylation sites (tertiary alicyclic amines) is 1. The van der Waals surface area contributed by atoms with Crippen molar-refractivity contribution in [1.29, 1.82) is 0 Å². The van der Waals surface area contributed by atoms with Crippen LogP contribution in [0.3, 0.4) is 0 Å². The highest BCUT2D eigenvalue weighted by Gasteiger charge is 2.33. The van der Waals surface area contributed by atoms with Gasteiger partial charge in [0.05, 0.1) is 12.6 Å². The van der Waals surface area contributed by atoms with Crippen molar-refractivity contribution in [3.05, 3.63) is 28.8 Å². The summed E-state index contributed by atoms with van der Waals surface area (Å²) in [5.74, 6) is 3.01. The molecule has 28 heavy (non-hydrogen) atoms. The minimum atomic E-state index is 0.301. The molecule has 5 rings (SSSR count). The second-order valence-electron chi connectivity index (χ2n) is 9.92. The van der Waals surface area contributed by atoms with E-state index in [9.17, 15) is 0 Å². The number of ether oxygens (including phenoxy) is 1. The van der Waals surface area contributed by atoms with Gasteiger partial charge < -0.3 is 10.1 Å². The van der Waals surface area contributed by atoms with Gasteiger partial charge in [-0.1, -0.05) is 13.8 Å². The van der Waals surface area contributed by atoms with E-state index in [4.69, 9.17) is 9.72 Å². The van der Waals surface area contributed by atoms with E-state index < -0.39 is 0 Å². The number of hydrogen-bond donors (Lipinski definition) is 1. The number of rotatable bonds is 6. The molecule has 2 aliphatic carbocycles. The molecule has 1 aromatic carbocycles. The van der Waals surface area contributed by atoms with Crippen molar-refractivity contribution in [3.63, 3.8) is 0 Å². The first-order chi connectivity index (χ1) is 13.5. The Bertz CT molecular complexity index is 895. The molecule has 1 N–H and O–H groups in total. The first-order valence-corrected chi connectivity index (χ1v) is 11.0. The fourth-order valence-corrected chi connectivity index (χ4v) is 5.06. The van der Waals surface area contributed by atoms with Gasteiger partial charge in [0.2, 0.25) is 0 Å². The zero-order chi connectivity index (χ0) is 19.3. The fourth-order valence-electron chi connectivity index (χ4n) is 5.06. The number of fused-ring (bicyclic) bond motifs is 3. The van der Waals surface area contributed by atoms with E-state index in [-0.39, 0.29) is 0 Å². The van der Waals surface area contributed by atoms with Crippen molar-refractivity contribution in [2.75, 3.05) is 32.1 Å². The summed E-state index contributed by atoms with van der Waals surface area (Å²) >= 11 is 0. The lowest BCUT2D eigenvalue weighted by molar-refractivity contribution is 0.321. The number of pyridine rings is 1. The molecule has 0 spiro atoms. The van der Waals surface area contributed by atoms with Gasteiger partial charge >= 0.3 is 0 Å². The molecule has 1 aromatic heterocycles. The molecule has 1 saturated heterocycles. The lowest BCUT2D eigenvalue weighted by Gasteiger charge is -2.19. The van der Waals surface area contributed by atoms with Crippen molar-refractivity contribution < 1.29 is 4.74 Å². The van der Waals surface area contributed by atoms with E-state index in [0.29, 0.717) is 5.41 Å². The Morgan fingerprint density at radius 3 is 2.61 bits per heavy atom. The van der Waals surface area contributed by atoms with E-state index in [0.717, 1.165) is 48.9 Å². The Morgan fingerprint density at radius 1 is 1.14 bits per heavy atom. The smallest absolute Gasteiger partial charge is 0.130 e. The third-order valence-corrected chi connectivity index (χ3v) is 6.76. The van der Waals surface area contributed by atoms with Crippen LogP contribution in [0.15, 0.2) is 12.1 Å². The van der Waals surface area contributed by atoms with Crippen LogP contribution in [-0.4, -0.2) is 36.6 Å². The second kappa shape index (κ2) is 6.91. The summed E-state index contributed by atoms with van der Waals surface area (Å²) in [5.41, 5.74) is 5.63. The standard InChI is InChI=1S/C24H33N3O/c1-24(2)12-19-18-11-22(28-3)17(15-27-8-4-5-9-27)10-21(18)26-23(20(19)13-24)25-14-16-6-7-16/h10-11,16H,4-9,12-15H2,1-3H3,(H,25,26). The summed E-state index contributed by atoms with van der Waals surface area (Å²) in [6, 6.07) is 4.55. The zero-order valence-electron chi connectivity index (χ0n) is 17.6. The van der Waals surface area contributed by atoms with Gasteiger partial charge in [-0.15, -0.1) is 0 Å². The number of nitrogens with zero attached hydrogens (tertiary/aromatic N) is 2. The molecule has 4 heteroatoms. The summed E-state index contributed by atoms with van der Waals surface area (Å²) in [4.78, 5) is 7.67. The number of hydrogen-bond acceptors (Lipinski definition) is 4. The molecular formula is C24H33N3O. The van der Waals surface area contributed by atoms with E-state index in [2.05, 4.69) is 36.2 Å². The minimum absolute atomic E-state index is 0.301. The van der Waals surface area contributed by atoms with Crippen molar-refractivity contribution in [3.8, 4) is 5.75 Å². The van der Waals surface area contributed by atoms with Crippen molar-refractivity contribution in [1.82, 2.24) is 9.88 Å². The van der Waals surface area contributed by atoms with Gasteiger partial charge in [-0.25, -0.2) is 4.98 Å². The van der Waals surface area contributed by atoms with E-state index in [1.807, 2.05) is 0 Å². The van der Waals surface area contributed by atoms with Gasteiger partial charge in [0.15, 0.2) is 0 Å². The Kier molecular flexibility index (Phi) is 4.50. The van der Waals surface area contributed by atoms with Gasteiger partial charge in [-0.3, -0.25) is 4.90 Å². The van der Waals surface area contributed by atoms with E-state index in [1.54, 1.807) is 7.11 Å². The van der Waals surface area contributed by atoms with Crippen LogP contribution in [0.25, 0.3) is 10.9 Å². The molecule has 2 heterocycles. The maximum Gasteiger partial charge on any atom is 0.130 e. The number of aromatic nitrogens is 1. The molecule has 2 aromatic rings. The van der Waals surface area contributed by atoms with Gasteiger partial charge in [-0.2, -0.15) is 0 Å². The summed E-state index contributed by atoms with van der Waals surface area (Å²) in [6.07, 6.45) is 7.58. The Hall–Kier alpha value is -1.81. The maximum absolute atomic E-state index is 5.82. The average Bonchev–Trinajstić information content (AvgIpc) is 3.24. The highest BCUT2D eigenvalue weighted by molar-refractivity contribution is 5.89. The first-order valence-electron chi connectivity index (χ1n) is 11.0. The second-order valence-corrected chi connectivity index (χ2v) is 9.92. The van der Waals surface area contributed by atoms with Crippen LogP contribution in [0.1, 0.15) is 56.2 Å². The number of nitrogens with one attached hydrogen (secondary N) is 1.